The van der Waals surface area contributed by atoms with Gasteiger partial charge < -0.3 is 15.5 Å². The van der Waals surface area contributed by atoms with Crippen LogP contribution in [-0.2, 0) is 11.3 Å². The number of carbonyl (C=O) groups excluding carboxylic acids is 2. The number of halogens is 1. The highest BCUT2D eigenvalue weighted by molar-refractivity contribution is 6.20. The van der Waals surface area contributed by atoms with E-state index in [-0.39, 0.29) is 17.7 Å². The summed E-state index contributed by atoms with van der Waals surface area (Å²) in [6.07, 6.45) is 3.39. The lowest BCUT2D eigenvalue weighted by Gasteiger charge is -2.22. The Morgan fingerprint density at radius 3 is 2.56 bits per heavy atom. The number of nitrogens with one attached hydrogen (secondary N) is 2. The van der Waals surface area contributed by atoms with Gasteiger partial charge in [0.15, 0.2) is 0 Å². The quantitative estimate of drug-likeness (QED) is 0.714. The molecule has 0 aliphatic heterocycles. The Kier molecular flexibility index (Phi) is 6.80. The van der Waals surface area contributed by atoms with Crippen molar-refractivity contribution < 1.29 is 9.59 Å². The molecule has 0 bridgehead atoms. The highest BCUT2D eigenvalue weighted by Gasteiger charge is 2.27. The Morgan fingerprint density at radius 2 is 1.96 bits per heavy atom. The van der Waals surface area contributed by atoms with Crippen LogP contribution >= 0.6 is 11.6 Å². The number of pyridine rings is 1. The zero-order valence-corrected chi connectivity index (χ0v) is 16.8. The lowest BCUT2D eigenvalue weighted by Crippen LogP contribution is -2.32. The average Bonchev–Trinajstić information content (AvgIpc) is 2.66. The first kappa shape index (κ1) is 20.7. The van der Waals surface area contributed by atoms with Gasteiger partial charge in [-0.3, -0.25) is 14.6 Å². The Morgan fingerprint density at radius 1 is 1.22 bits per heavy atom. The minimum Gasteiger partial charge on any atom is -0.377 e. The van der Waals surface area contributed by atoms with Crippen molar-refractivity contribution in [2.75, 3.05) is 30.2 Å². The van der Waals surface area contributed by atoms with Gasteiger partial charge in [0, 0.05) is 50.3 Å². The molecule has 0 aliphatic rings. The van der Waals surface area contributed by atoms with Crippen LogP contribution in [0.15, 0.2) is 42.7 Å². The van der Waals surface area contributed by atoms with E-state index in [1.165, 1.54) is 0 Å². The Bertz CT molecular complexity index is 807. The second-order valence-electron chi connectivity index (χ2n) is 7.14. The van der Waals surface area contributed by atoms with Crippen LogP contribution in [0.1, 0.15) is 29.8 Å². The SMILES string of the molecule is CN(C)c1ccc(NC(=O)C(C)(C)CCl)cc1C(=O)NCc1cccnc1. The first-order valence-electron chi connectivity index (χ1n) is 8.60. The van der Waals surface area contributed by atoms with Crippen LogP contribution in [0.25, 0.3) is 0 Å². The minimum absolute atomic E-state index is 0.197. The molecular formula is C20H25ClN4O2. The van der Waals surface area contributed by atoms with Gasteiger partial charge in [0.2, 0.25) is 5.91 Å². The van der Waals surface area contributed by atoms with Gasteiger partial charge in [-0.05, 0) is 43.7 Å². The molecule has 2 aromatic rings. The molecule has 2 rings (SSSR count). The van der Waals surface area contributed by atoms with Gasteiger partial charge in [0.05, 0.1) is 11.0 Å². The standard InChI is InChI=1S/C20H25ClN4O2/c1-20(2,13-21)19(27)24-15-7-8-17(25(3)4)16(10-15)18(26)23-12-14-6-5-9-22-11-14/h5-11H,12-13H2,1-4H3,(H,23,26)(H,24,27). The molecule has 0 unspecified atom stereocenters. The second kappa shape index (κ2) is 8.86. The molecule has 144 valence electrons. The van der Waals surface area contributed by atoms with Crippen molar-refractivity contribution in [2.45, 2.75) is 20.4 Å². The van der Waals surface area contributed by atoms with E-state index in [9.17, 15) is 9.59 Å². The van der Waals surface area contributed by atoms with Gasteiger partial charge in [-0.25, -0.2) is 0 Å². The number of aromatic nitrogens is 1. The summed E-state index contributed by atoms with van der Waals surface area (Å²) in [5, 5.41) is 5.73. The van der Waals surface area contributed by atoms with Crippen LogP contribution in [-0.4, -0.2) is 36.8 Å². The average molecular weight is 389 g/mol. The van der Waals surface area contributed by atoms with Crippen molar-refractivity contribution >= 4 is 34.8 Å². The van der Waals surface area contributed by atoms with E-state index in [4.69, 9.17) is 11.6 Å². The molecule has 2 N–H and O–H groups in total. The van der Waals surface area contributed by atoms with Crippen molar-refractivity contribution in [3.63, 3.8) is 0 Å². The monoisotopic (exact) mass is 388 g/mol. The fourth-order valence-corrected chi connectivity index (χ4v) is 2.45. The molecule has 0 saturated carbocycles. The van der Waals surface area contributed by atoms with E-state index in [1.54, 1.807) is 38.4 Å². The van der Waals surface area contributed by atoms with Crippen LogP contribution in [0.5, 0.6) is 0 Å². The van der Waals surface area contributed by atoms with E-state index >= 15 is 0 Å². The molecule has 1 heterocycles. The van der Waals surface area contributed by atoms with E-state index in [0.717, 1.165) is 11.3 Å². The summed E-state index contributed by atoms with van der Waals surface area (Å²) in [5.41, 5.74) is 1.99. The molecule has 0 atom stereocenters. The van der Waals surface area contributed by atoms with Gasteiger partial charge in [-0.2, -0.15) is 0 Å². The molecule has 0 saturated heterocycles. The Labute approximate surface area is 164 Å². The first-order chi connectivity index (χ1) is 12.7. The number of alkyl halides is 1. The van der Waals surface area contributed by atoms with Gasteiger partial charge in [-0.1, -0.05) is 6.07 Å². The number of hydrogen-bond acceptors (Lipinski definition) is 4. The number of nitrogens with zero attached hydrogens (tertiary/aromatic N) is 2. The highest BCUT2D eigenvalue weighted by atomic mass is 35.5. The normalized spacial score (nSPS) is 11.0. The van der Waals surface area contributed by atoms with E-state index in [1.807, 2.05) is 37.2 Å². The van der Waals surface area contributed by atoms with E-state index < -0.39 is 5.41 Å². The zero-order chi connectivity index (χ0) is 20.0. The maximum absolute atomic E-state index is 12.7. The van der Waals surface area contributed by atoms with Gasteiger partial charge >= 0.3 is 0 Å². The van der Waals surface area contributed by atoms with Gasteiger partial charge in [0.1, 0.15) is 0 Å². The molecule has 6 nitrogen and oxygen atoms in total. The molecule has 2 amide bonds. The third-order valence-electron chi connectivity index (χ3n) is 4.11. The highest BCUT2D eigenvalue weighted by Crippen LogP contribution is 2.25. The van der Waals surface area contributed by atoms with Crippen molar-refractivity contribution in [1.82, 2.24) is 10.3 Å². The summed E-state index contributed by atoms with van der Waals surface area (Å²) in [7, 11) is 3.73. The molecule has 27 heavy (non-hydrogen) atoms. The third-order valence-corrected chi connectivity index (χ3v) is 4.77. The molecule has 0 fully saturated rings. The largest absolute Gasteiger partial charge is 0.377 e. The fourth-order valence-electron chi connectivity index (χ4n) is 2.33. The summed E-state index contributed by atoms with van der Waals surface area (Å²) in [6.45, 7) is 3.91. The number of carbonyl (C=O) groups is 2. The fraction of sp³-hybridized carbons (Fsp3) is 0.350. The summed E-state index contributed by atoms with van der Waals surface area (Å²) in [6, 6.07) is 8.97. The Hall–Kier alpha value is -2.60. The second-order valence-corrected chi connectivity index (χ2v) is 7.41. The van der Waals surface area contributed by atoms with Gasteiger partial charge in [-0.15, -0.1) is 11.6 Å². The van der Waals surface area contributed by atoms with E-state index in [0.29, 0.717) is 17.8 Å². The van der Waals surface area contributed by atoms with Crippen LogP contribution in [0.3, 0.4) is 0 Å². The molecular weight excluding hydrogens is 364 g/mol. The molecule has 1 aromatic heterocycles. The molecule has 1 aromatic carbocycles. The number of rotatable bonds is 7. The number of hydrogen-bond donors (Lipinski definition) is 2. The number of anilines is 2. The smallest absolute Gasteiger partial charge is 0.253 e. The predicted molar refractivity (Wildman–Crippen MR) is 109 cm³/mol. The Balaban J connectivity index is 2.22. The third kappa shape index (κ3) is 5.44. The maximum Gasteiger partial charge on any atom is 0.253 e. The number of benzene rings is 1. The zero-order valence-electron chi connectivity index (χ0n) is 16.0. The number of amides is 2. The van der Waals surface area contributed by atoms with Crippen molar-refractivity contribution in [3.05, 3.63) is 53.9 Å². The van der Waals surface area contributed by atoms with Crippen LogP contribution in [0.2, 0.25) is 0 Å². The lowest BCUT2D eigenvalue weighted by atomic mass is 9.95. The van der Waals surface area contributed by atoms with Crippen LogP contribution in [0, 0.1) is 5.41 Å². The van der Waals surface area contributed by atoms with Crippen LogP contribution < -0.4 is 15.5 Å². The van der Waals surface area contributed by atoms with Crippen LogP contribution in [0.4, 0.5) is 11.4 Å². The van der Waals surface area contributed by atoms with Crippen molar-refractivity contribution in [2.24, 2.45) is 5.41 Å². The van der Waals surface area contributed by atoms with Crippen molar-refractivity contribution in [3.8, 4) is 0 Å². The molecule has 7 heteroatoms. The summed E-state index contributed by atoms with van der Waals surface area (Å²) in [5.74, 6) is -0.223. The predicted octanol–water partition coefficient (Wildman–Crippen LogP) is 3.28. The van der Waals surface area contributed by atoms with E-state index in [2.05, 4.69) is 15.6 Å². The lowest BCUT2D eigenvalue weighted by molar-refractivity contribution is -0.122. The summed E-state index contributed by atoms with van der Waals surface area (Å²) in [4.78, 5) is 31.0. The first-order valence-corrected chi connectivity index (χ1v) is 9.14. The topological polar surface area (TPSA) is 74.3 Å². The van der Waals surface area contributed by atoms with Gasteiger partial charge in [0.25, 0.3) is 5.91 Å². The maximum atomic E-state index is 12.7. The van der Waals surface area contributed by atoms with Crippen molar-refractivity contribution in [1.29, 1.82) is 0 Å². The molecule has 0 radical (unpaired) electrons. The summed E-state index contributed by atoms with van der Waals surface area (Å²) >= 11 is 5.87. The molecule has 0 spiro atoms. The summed E-state index contributed by atoms with van der Waals surface area (Å²) < 4.78 is 0. The molecule has 0 aliphatic carbocycles. The minimum atomic E-state index is -0.704.